The van der Waals surface area contributed by atoms with Crippen LogP contribution in [0.2, 0.25) is 0 Å². The van der Waals surface area contributed by atoms with E-state index in [9.17, 15) is 18.0 Å². The minimum atomic E-state index is -3.88. The molecular formula is C36H41N3O5S. The molecule has 1 atom stereocenters. The van der Waals surface area contributed by atoms with E-state index in [-0.39, 0.29) is 18.9 Å². The lowest BCUT2D eigenvalue weighted by Crippen LogP contribution is -2.53. The highest BCUT2D eigenvalue weighted by Gasteiger charge is 2.33. The van der Waals surface area contributed by atoms with Gasteiger partial charge in [0.1, 0.15) is 24.1 Å². The third-order valence-electron chi connectivity index (χ3n) is 7.32. The van der Waals surface area contributed by atoms with Crippen molar-refractivity contribution in [1.29, 1.82) is 0 Å². The summed E-state index contributed by atoms with van der Waals surface area (Å²) >= 11 is 0. The number of para-hydroxylation sites is 1. The summed E-state index contributed by atoms with van der Waals surface area (Å²) in [5.74, 6) is 0.408. The molecule has 0 aliphatic heterocycles. The van der Waals surface area contributed by atoms with E-state index in [2.05, 4.69) is 5.32 Å². The summed E-state index contributed by atoms with van der Waals surface area (Å²) in [6.07, 6.45) is 3.06. The molecule has 0 aliphatic rings. The first kappa shape index (κ1) is 33.3. The van der Waals surface area contributed by atoms with Gasteiger partial charge in [0.2, 0.25) is 21.8 Å². The molecule has 9 heteroatoms. The number of benzene rings is 4. The van der Waals surface area contributed by atoms with Crippen LogP contribution in [0.4, 0.5) is 5.69 Å². The van der Waals surface area contributed by atoms with Gasteiger partial charge in [0.25, 0.3) is 0 Å². The molecule has 236 valence electrons. The maximum Gasteiger partial charge on any atom is 0.244 e. The molecule has 2 amide bonds. The summed E-state index contributed by atoms with van der Waals surface area (Å²) in [5, 5.41) is 3.00. The summed E-state index contributed by atoms with van der Waals surface area (Å²) in [6, 6.07) is 32.2. The SMILES string of the molecule is CCCCNC(=O)C(Cc1ccccc1)N(Cc1cccc(C)c1)C(=O)CN(c1ccc(Oc2ccccc2)cc1)S(C)(=O)=O. The van der Waals surface area contributed by atoms with Gasteiger partial charge in [0, 0.05) is 19.5 Å². The number of hydrogen-bond acceptors (Lipinski definition) is 5. The zero-order valence-electron chi connectivity index (χ0n) is 26.1. The Morgan fingerprint density at radius 3 is 2.07 bits per heavy atom. The van der Waals surface area contributed by atoms with Crippen molar-refractivity contribution in [3.05, 3.63) is 126 Å². The summed E-state index contributed by atoms with van der Waals surface area (Å²) in [4.78, 5) is 29.5. The molecule has 4 rings (SSSR count). The van der Waals surface area contributed by atoms with Gasteiger partial charge in [-0.05, 0) is 60.9 Å². The van der Waals surface area contributed by atoms with E-state index in [1.807, 2.05) is 98.8 Å². The predicted molar refractivity (Wildman–Crippen MR) is 179 cm³/mol. The standard InChI is InChI=1S/C36H41N3O5S/c1-4-5-23-37-36(41)34(25-29-14-8-6-9-15-29)38(26-30-16-12-13-28(2)24-30)35(40)27-39(45(3,42)43)31-19-21-33(22-20-31)44-32-17-10-7-11-18-32/h6-22,24,34H,4-5,23,25-27H2,1-3H3,(H,37,41). The number of nitrogens with one attached hydrogen (secondary N) is 1. The summed E-state index contributed by atoms with van der Waals surface area (Å²) in [6.45, 7) is 4.16. The van der Waals surface area contributed by atoms with Crippen molar-refractivity contribution in [2.45, 2.75) is 45.7 Å². The number of carbonyl (C=O) groups is 2. The van der Waals surface area contributed by atoms with Crippen LogP contribution in [-0.2, 0) is 32.6 Å². The van der Waals surface area contributed by atoms with Gasteiger partial charge in [0.05, 0.1) is 11.9 Å². The average Bonchev–Trinajstić information content (AvgIpc) is 3.02. The van der Waals surface area contributed by atoms with Crippen LogP contribution in [0.1, 0.15) is 36.5 Å². The lowest BCUT2D eigenvalue weighted by atomic mass is 10.0. The third kappa shape index (κ3) is 9.94. The fraction of sp³-hybridized carbons (Fsp3) is 0.278. The van der Waals surface area contributed by atoms with Crippen molar-refractivity contribution >= 4 is 27.5 Å². The molecule has 0 aromatic heterocycles. The smallest absolute Gasteiger partial charge is 0.244 e. The number of hydrogen-bond donors (Lipinski definition) is 1. The number of carbonyl (C=O) groups excluding carboxylic acids is 2. The first-order chi connectivity index (χ1) is 21.6. The van der Waals surface area contributed by atoms with E-state index >= 15 is 0 Å². The van der Waals surface area contributed by atoms with E-state index in [4.69, 9.17) is 4.74 Å². The largest absolute Gasteiger partial charge is 0.457 e. The second-order valence-electron chi connectivity index (χ2n) is 11.0. The maximum absolute atomic E-state index is 14.3. The Hall–Kier alpha value is -4.63. The van der Waals surface area contributed by atoms with Gasteiger partial charge in [-0.3, -0.25) is 13.9 Å². The molecule has 4 aromatic rings. The zero-order valence-corrected chi connectivity index (χ0v) is 26.9. The van der Waals surface area contributed by atoms with E-state index in [1.165, 1.54) is 4.90 Å². The van der Waals surface area contributed by atoms with Crippen LogP contribution in [0.3, 0.4) is 0 Å². The lowest BCUT2D eigenvalue weighted by Gasteiger charge is -2.33. The van der Waals surface area contributed by atoms with Crippen molar-refractivity contribution in [2.24, 2.45) is 0 Å². The topological polar surface area (TPSA) is 96.0 Å². The van der Waals surface area contributed by atoms with Crippen molar-refractivity contribution < 1.29 is 22.7 Å². The highest BCUT2D eigenvalue weighted by molar-refractivity contribution is 7.92. The number of rotatable bonds is 15. The molecule has 1 N–H and O–H groups in total. The molecule has 1 unspecified atom stereocenters. The van der Waals surface area contributed by atoms with Gasteiger partial charge in [0.15, 0.2) is 0 Å². The minimum Gasteiger partial charge on any atom is -0.457 e. The van der Waals surface area contributed by atoms with Crippen LogP contribution >= 0.6 is 0 Å². The number of unbranched alkanes of at least 4 members (excludes halogenated alkanes) is 1. The lowest BCUT2D eigenvalue weighted by molar-refractivity contribution is -0.140. The maximum atomic E-state index is 14.3. The molecule has 0 aliphatic carbocycles. The number of amides is 2. The molecule has 45 heavy (non-hydrogen) atoms. The van der Waals surface area contributed by atoms with E-state index < -0.39 is 28.5 Å². The molecule has 8 nitrogen and oxygen atoms in total. The molecule has 0 spiro atoms. The Morgan fingerprint density at radius 1 is 0.822 bits per heavy atom. The Balaban J connectivity index is 1.66. The number of ether oxygens (including phenoxy) is 1. The first-order valence-electron chi connectivity index (χ1n) is 15.1. The van der Waals surface area contributed by atoms with E-state index in [0.29, 0.717) is 23.7 Å². The van der Waals surface area contributed by atoms with E-state index in [0.717, 1.165) is 40.1 Å². The monoisotopic (exact) mass is 627 g/mol. The Kier molecular flexibility index (Phi) is 11.8. The van der Waals surface area contributed by atoms with Crippen LogP contribution < -0.4 is 14.4 Å². The van der Waals surface area contributed by atoms with Crippen molar-refractivity contribution in [1.82, 2.24) is 10.2 Å². The minimum absolute atomic E-state index is 0.140. The second kappa shape index (κ2) is 15.9. The van der Waals surface area contributed by atoms with Gasteiger partial charge in [-0.2, -0.15) is 0 Å². The average molecular weight is 628 g/mol. The summed E-state index contributed by atoms with van der Waals surface area (Å²) < 4.78 is 33.1. The molecule has 0 heterocycles. The number of nitrogens with zero attached hydrogens (tertiary/aromatic N) is 2. The highest BCUT2D eigenvalue weighted by atomic mass is 32.2. The van der Waals surface area contributed by atoms with Crippen LogP contribution in [0.15, 0.2) is 109 Å². The van der Waals surface area contributed by atoms with Crippen molar-refractivity contribution in [3.63, 3.8) is 0 Å². The molecule has 0 bridgehead atoms. The second-order valence-corrected chi connectivity index (χ2v) is 12.9. The molecule has 0 saturated heterocycles. The molecule has 0 fully saturated rings. The van der Waals surface area contributed by atoms with Gasteiger partial charge < -0.3 is 15.0 Å². The molecule has 4 aromatic carbocycles. The molecule has 0 radical (unpaired) electrons. The van der Waals surface area contributed by atoms with Crippen LogP contribution in [0.5, 0.6) is 11.5 Å². The quantitative estimate of drug-likeness (QED) is 0.161. The Bertz CT molecular complexity index is 1650. The normalized spacial score (nSPS) is 11.8. The summed E-state index contributed by atoms with van der Waals surface area (Å²) in [7, 11) is -3.88. The predicted octanol–water partition coefficient (Wildman–Crippen LogP) is 6.11. The zero-order chi connectivity index (χ0) is 32.2. The molecule has 0 saturated carbocycles. The Labute approximate surface area is 266 Å². The molecular weight excluding hydrogens is 586 g/mol. The van der Waals surface area contributed by atoms with Crippen LogP contribution in [0, 0.1) is 6.92 Å². The fourth-order valence-electron chi connectivity index (χ4n) is 4.99. The number of anilines is 1. The fourth-order valence-corrected chi connectivity index (χ4v) is 5.84. The van der Waals surface area contributed by atoms with Gasteiger partial charge >= 0.3 is 0 Å². The summed E-state index contributed by atoms with van der Waals surface area (Å²) in [5.41, 5.74) is 3.07. The first-order valence-corrected chi connectivity index (χ1v) is 17.0. The third-order valence-corrected chi connectivity index (χ3v) is 8.46. The number of sulfonamides is 1. The van der Waals surface area contributed by atoms with Gasteiger partial charge in [-0.25, -0.2) is 8.42 Å². The van der Waals surface area contributed by atoms with Crippen molar-refractivity contribution in [2.75, 3.05) is 23.7 Å². The van der Waals surface area contributed by atoms with Gasteiger partial charge in [-0.15, -0.1) is 0 Å². The van der Waals surface area contributed by atoms with Crippen molar-refractivity contribution in [3.8, 4) is 11.5 Å². The number of aryl methyl sites for hydroxylation is 1. The van der Waals surface area contributed by atoms with E-state index in [1.54, 1.807) is 24.3 Å². The van der Waals surface area contributed by atoms with Gasteiger partial charge in [-0.1, -0.05) is 91.7 Å². The van der Waals surface area contributed by atoms with Crippen LogP contribution in [0.25, 0.3) is 0 Å². The highest BCUT2D eigenvalue weighted by Crippen LogP contribution is 2.26. The van der Waals surface area contributed by atoms with Crippen LogP contribution in [-0.4, -0.2) is 50.5 Å². The Morgan fingerprint density at radius 2 is 1.44 bits per heavy atom.